The van der Waals surface area contributed by atoms with Crippen LogP contribution in [0.2, 0.25) is 0 Å². The van der Waals surface area contributed by atoms with Gasteiger partial charge in [0.1, 0.15) is 11.5 Å². The molecule has 34 heavy (non-hydrogen) atoms. The van der Waals surface area contributed by atoms with E-state index in [2.05, 4.69) is 26.1 Å². The number of thiophene rings is 1. The summed E-state index contributed by atoms with van der Waals surface area (Å²) in [7, 11) is 0. The van der Waals surface area contributed by atoms with E-state index in [1.54, 1.807) is 27.9 Å². The fourth-order valence-electron chi connectivity index (χ4n) is 4.19. The van der Waals surface area contributed by atoms with Gasteiger partial charge in [-0.2, -0.15) is 0 Å². The first-order valence-electron chi connectivity index (χ1n) is 10.8. The van der Waals surface area contributed by atoms with Crippen LogP contribution >= 0.6 is 11.3 Å². The zero-order valence-corrected chi connectivity index (χ0v) is 18.8. The molecule has 1 amide bonds. The van der Waals surface area contributed by atoms with Crippen molar-refractivity contribution in [2.45, 2.75) is 6.42 Å². The molecule has 0 saturated carbocycles. The van der Waals surface area contributed by atoms with Gasteiger partial charge in [-0.05, 0) is 59.8 Å². The summed E-state index contributed by atoms with van der Waals surface area (Å²) in [6, 6.07) is 13.8. The van der Waals surface area contributed by atoms with Crippen LogP contribution in [0.1, 0.15) is 22.6 Å². The predicted molar refractivity (Wildman–Crippen MR) is 129 cm³/mol. The van der Waals surface area contributed by atoms with Crippen molar-refractivity contribution in [1.29, 1.82) is 0 Å². The molecule has 0 atom stereocenters. The van der Waals surface area contributed by atoms with Gasteiger partial charge in [0.25, 0.3) is 5.91 Å². The Morgan fingerprint density at radius 3 is 2.76 bits per heavy atom. The average molecular weight is 471 g/mol. The minimum Gasteiger partial charge on any atom is -0.346 e. The van der Waals surface area contributed by atoms with E-state index in [9.17, 15) is 9.18 Å². The van der Waals surface area contributed by atoms with E-state index in [1.807, 2.05) is 35.8 Å². The number of pyridine rings is 1. The summed E-state index contributed by atoms with van der Waals surface area (Å²) in [5.41, 5.74) is 3.81. The second-order valence-corrected chi connectivity index (χ2v) is 8.90. The summed E-state index contributed by atoms with van der Waals surface area (Å²) in [5, 5.41) is 7.54. The van der Waals surface area contributed by atoms with E-state index >= 15 is 0 Å². The molecule has 1 aromatic carbocycles. The van der Waals surface area contributed by atoms with Crippen molar-refractivity contribution in [3.63, 3.8) is 0 Å². The molecule has 0 fully saturated rings. The van der Waals surface area contributed by atoms with Gasteiger partial charge in [-0.3, -0.25) is 4.79 Å². The van der Waals surface area contributed by atoms with Gasteiger partial charge in [-0.1, -0.05) is 12.1 Å². The Morgan fingerprint density at radius 2 is 2.00 bits per heavy atom. The van der Waals surface area contributed by atoms with Crippen LogP contribution in [-0.4, -0.2) is 48.6 Å². The van der Waals surface area contributed by atoms with Crippen LogP contribution < -0.4 is 0 Å². The Bertz CT molecular complexity index is 1520. The second kappa shape index (κ2) is 8.35. The highest BCUT2D eigenvalue weighted by Crippen LogP contribution is 2.29. The third-order valence-electron chi connectivity index (χ3n) is 5.90. The highest BCUT2D eigenvalue weighted by Gasteiger charge is 2.26. The number of nitrogens with one attached hydrogen (secondary N) is 1. The van der Waals surface area contributed by atoms with Crippen molar-refractivity contribution >= 4 is 33.9 Å². The lowest BCUT2D eigenvalue weighted by Crippen LogP contribution is -2.35. The molecule has 9 heteroatoms. The van der Waals surface area contributed by atoms with Crippen molar-refractivity contribution in [3.05, 3.63) is 89.6 Å². The maximum Gasteiger partial charge on any atom is 0.293 e. The number of halogens is 1. The molecule has 4 aromatic heterocycles. The largest absolute Gasteiger partial charge is 0.346 e. The van der Waals surface area contributed by atoms with Gasteiger partial charge in [0.15, 0.2) is 5.82 Å². The Morgan fingerprint density at radius 1 is 1.12 bits per heavy atom. The summed E-state index contributed by atoms with van der Waals surface area (Å²) in [6.07, 6.45) is 6.54. The summed E-state index contributed by atoms with van der Waals surface area (Å²) in [6.45, 7) is 1.04. The molecule has 6 rings (SSSR count). The number of amides is 1. The number of nitrogens with zero attached hydrogens (tertiary/aromatic N) is 5. The smallest absolute Gasteiger partial charge is 0.293 e. The fourth-order valence-corrected chi connectivity index (χ4v) is 4.89. The van der Waals surface area contributed by atoms with Gasteiger partial charge in [-0.25, -0.2) is 19.0 Å². The highest BCUT2D eigenvalue weighted by atomic mass is 32.1. The maximum atomic E-state index is 13.5. The molecule has 0 unspecified atom stereocenters. The molecule has 1 aliphatic heterocycles. The first kappa shape index (κ1) is 20.5. The molecule has 168 valence electrons. The van der Waals surface area contributed by atoms with Gasteiger partial charge < -0.3 is 9.88 Å². The number of aromatic nitrogens is 5. The number of carbonyl (C=O) groups excluding carboxylic acids is 1. The van der Waals surface area contributed by atoms with Crippen LogP contribution in [0.25, 0.3) is 33.0 Å². The number of hydrogen-bond donors (Lipinski definition) is 1. The van der Waals surface area contributed by atoms with Crippen LogP contribution in [0.4, 0.5) is 4.39 Å². The number of rotatable bonds is 4. The van der Waals surface area contributed by atoms with Crippen LogP contribution in [0, 0.1) is 5.82 Å². The Labute approximate surface area is 198 Å². The van der Waals surface area contributed by atoms with Crippen LogP contribution in [0.5, 0.6) is 0 Å². The van der Waals surface area contributed by atoms with Crippen molar-refractivity contribution in [1.82, 2.24) is 29.6 Å². The number of H-pyrrole nitrogens is 1. The third-order valence-corrected chi connectivity index (χ3v) is 6.77. The predicted octanol–water partition coefficient (Wildman–Crippen LogP) is 4.94. The van der Waals surface area contributed by atoms with E-state index in [1.165, 1.54) is 29.0 Å². The van der Waals surface area contributed by atoms with Crippen molar-refractivity contribution in [3.8, 4) is 16.4 Å². The standard InChI is InChI=1S/C25H19FN6OS/c26-17-5-7-18(8-6-17)32-24(21-4-2-14-34-21)29-23(30-32)25(33)31-12-9-16(10-13-31)20-15-28-22-19(20)3-1-11-27-22/h1-9,11,14-15H,10,12-13H2,(H,27,28). The Kier molecular flexibility index (Phi) is 5.03. The van der Waals surface area contributed by atoms with E-state index < -0.39 is 0 Å². The molecule has 5 aromatic rings. The number of hydrogen-bond acceptors (Lipinski definition) is 5. The molecule has 0 aliphatic carbocycles. The summed E-state index contributed by atoms with van der Waals surface area (Å²) >= 11 is 1.51. The molecule has 0 spiro atoms. The summed E-state index contributed by atoms with van der Waals surface area (Å²) in [4.78, 5) is 28.1. The molecule has 5 heterocycles. The quantitative estimate of drug-likeness (QED) is 0.404. The molecular formula is C25H19FN6OS. The third kappa shape index (κ3) is 3.60. The molecule has 1 N–H and O–H groups in total. The number of carbonyl (C=O) groups is 1. The first-order chi connectivity index (χ1) is 16.7. The van der Waals surface area contributed by atoms with Gasteiger partial charge >= 0.3 is 0 Å². The lowest BCUT2D eigenvalue weighted by Gasteiger charge is -2.25. The lowest BCUT2D eigenvalue weighted by molar-refractivity contribution is 0.0761. The topological polar surface area (TPSA) is 79.7 Å². The minimum atomic E-state index is -0.334. The number of benzene rings is 1. The molecule has 0 radical (unpaired) electrons. The minimum absolute atomic E-state index is 0.126. The summed E-state index contributed by atoms with van der Waals surface area (Å²) in [5.74, 6) is 0.125. The first-order valence-corrected chi connectivity index (χ1v) is 11.7. The maximum absolute atomic E-state index is 13.5. The van der Waals surface area contributed by atoms with Gasteiger partial charge in [0.05, 0.1) is 10.6 Å². The fraction of sp³-hybridized carbons (Fsp3) is 0.120. The van der Waals surface area contributed by atoms with Crippen LogP contribution in [0.15, 0.2) is 72.4 Å². The molecule has 0 bridgehead atoms. The average Bonchev–Trinajstić information content (AvgIpc) is 3.64. The van der Waals surface area contributed by atoms with E-state index in [4.69, 9.17) is 0 Å². The zero-order valence-electron chi connectivity index (χ0n) is 18.0. The summed E-state index contributed by atoms with van der Waals surface area (Å²) < 4.78 is 15.1. The monoisotopic (exact) mass is 470 g/mol. The van der Waals surface area contributed by atoms with Crippen LogP contribution in [0.3, 0.4) is 0 Å². The van der Waals surface area contributed by atoms with Crippen molar-refractivity contribution in [2.24, 2.45) is 0 Å². The number of aromatic amines is 1. The van der Waals surface area contributed by atoms with E-state index in [0.717, 1.165) is 27.9 Å². The van der Waals surface area contributed by atoms with Crippen LogP contribution in [-0.2, 0) is 0 Å². The highest BCUT2D eigenvalue weighted by molar-refractivity contribution is 7.13. The Balaban J connectivity index is 1.29. The Hall–Kier alpha value is -4.11. The molecule has 7 nitrogen and oxygen atoms in total. The number of fused-ring (bicyclic) bond motifs is 1. The van der Waals surface area contributed by atoms with E-state index in [0.29, 0.717) is 24.6 Å². The molecular weight excluding hydrogens is 451 g/mol. The SMILES string of the molecule is O=C(c1nc(-c2cccs2)n(-c2ccc(F)cc2)n1)N1CC=C(c2c[nH]c3ncccc23)CC1. The molecule has 1 aliphatic rings. The van der Waals surface area contributed by atoms with Crippen molar-refractivity contribution in [2.75, 3.05) is 13.1 Å². The van der Waals surface area contributed by atoms with E-state index in [-0.39, 0.29) is 17.5 Å². The van der Waals surface area contributed by atoms with Gasteiger partial charge in [0.2, 0.25) is 5.82 Å². The van der Waals surface area contributed by atoms with Gasteiger partial charge in [-0.15, -0.1) is 16.4 Å². The van der Waals surface area contributed by atoms with Crippen molar-refractivity contribution < 1.29 is 9.18 Å². The lowest BCUT2D eigenvalue weighted by atomic mass is 9.99. The van der Waals surface area contributed by atoms with Gasteiger partial charge in [0, 0.05) is 36.4 Å². The second-order valence-electron chi connectivity index (χ2n) is 7.96. The zero-order chi connectivity index (χ0) is 23.1. The molecule has 0 saturated heterocycles. The normalized spacial score (nSPS) is 13.9.